The Bertz CT molecular complexity index is 318. The molecular formula is C11H26ClN3O2S. The average molecular weight is 300 g/mol. The first-order chi connectivity index (χ1) is 8.00. The molecular weight excluding hydrogens is 274 g/mol. The Morgan fingerprint density at radius 3 is 2.28 bits per heavy atom. The van der Waals surface area contributed by atoms with Gasteiger partial charge in [0.1, 0.15) is 0 Å². The van der Waals surface area contributed by atoms with Gasteiger partial charge in [0, 0.05) is 26.7 Å². The molecule has 0 aromatic heterocycles. The Hall–Kier alpha value is 0.120. The summed E-state index contributed by atoms with van der Waals surface area (Å²) in [6.45, 7) is 4.48. The molecule has 18 heavy (non-hydrogen) atoms. The first-order valence-corrected chi connectivity index (χ1v) is 7.80. The number of piperidine rings is 1. The maximum atomic E-state index is 12.3. The third-order valence-electron chi connectivity index (χ3n) is 3.41. The molecule has 1 N–H and O–H groups in total. The van der Waals surface area contributed by atoms with Crippen molar-refractivity contribution < 1.29 is 8.42 Å². The first kappa shape index (κ1) is 18.1. The van der Waals surface area contributed by atoms with E-state index in [0.717, 1.165) is 38.8 Å². The van der Waals surface area contributed by atoms with Crippen LogP contribution in [0.3, 0.4) is 0 Å². The van der Waals surface area contributed by atoms with E-state index in [-0.39, 0.29) is 18.4 Å². The van der Waals surface area contributed by atoms with Crippen molar-refractivity contribution in [1.82, 2.24) is 13.9 Å². The molecule has 0 radical (unpaired) electrons. The van der Waals surface area contributed by atoms with Crippen LogP contribution in [-0.2, 0) is 10.2 Å². The number of hydrogen-bond donors (Lipinski definition) is 1. The Kier molecular flexibility index (Phi) is 8.38. The van der Waals surface area contributed by atoms with E-state index in [0.29, 0.717) is 6.54 Å². The van der Waals surface area contributed by atoms with Crippen molar-refractivity contribution in [3.8, 4) is 0 Å². The molecule has 0 saturated carbocycles. The van der Waals surface area contributed by atoms with Crippen LogP contribution < -0.4 is 5.32 Å². The summed E-state index contributed by atoms with van der Waals surface area (Å²) in [5.74, 6) is 0. The highest BCUT2D eigenvalue weighted by Gasteiger charge is 2.30. The summed E-state index contributed by atoms with van der Waals surface area (Å²) < 4.78 is 27.6. The lowest BCUT2D eigenvalue weighted by atomic mass is 10.1. The molecule has 0 atom stereocenters. The van der Waals surface area contributed by atoms with Crippen LogP contribution in [0.15, 0.2) is 0 Å². The zero-order valence-corrected chi connectivity index (χ0v) is 13.2. The van der Waals surface area contributed by atoms with Crippen LogP contribution in [0.5, 0.6) is 0 Å². The van der Waals surface area contributed by atoms with Gasteiger partial charge < -0.3 is 5.32 Å². The van der Waals surface area contributed by atoms with Crippen molar-refractivity contribution in [2.24, 2.45) is 0 Å². The molecule has 0 aromatic carbocycles. The van der Waals surface area contributed by atoms with E-state index < -0.39 is 10.2 Å². The van der Waals surface area contributed by atoms with Gasteiger partial charge in [-0.1, -0.05) is 13.3 Å². The molecule has 110 valence electrons. The van der Waals surface area contributed by atoms with Gasteiger partial charge in [0.2, 0.25) is 0 Å². The highest BCUT2D eigenvalue weighted by molar-refractivity contribution is 7.86. The van der Waals surface area contributed by atoms with Gasteiger partial charge in [-0.25, -0.2) is 0 Å². The van der Waals surface area contributed by atoms with E-state index in [1.807, 2.05) is 0 Å². The lowest BCUT2D eigenvalue weighted by molar-refractivity contribution is 0.277. The standard InChI is InChI=1S/C11H25N3O2S.ClH/c1-4-5-10-13(2)17(15,16)14(3)11-6-8-12-9-7-11;/h11-12H,4-10H2,1-3H3;1H. The summed E-state index contributed by atoms with van der Waals surface area (Å²) in [7, 11) is 0.0994. The fraction of sp³-hybridized carbons (Fsp3) is 1.00. The van der Waals surface area contributed by atoms with E-state index in [1.165, 1.54) is 4.31 Å². The van der Waals surface area contributed by atoms with Gasteiger partial charge in [-0.05, 0) is 32.4 Å². The van der Waals surface area contributed by atoms with Gasteiger partial charge in [0.25, 0.3) is 10.2 Å². The Labute approximate surface area is 118 Å². The molecule has 1 aliphatic rings. The third kappa shape index (κ3) is 4.66. The van der Waals surface area contributed by atoms with Crippen LogP contribution in [0.2, 0.25) is 0 Å². The van der Waals surface area contributed by atoms with Crippen LogP contribution in [0.1, 0.15) is 32.6 Å². The minimum atomic E-state index is -3.27. The highest BCUT2D eigenvalue weighted by atomic mass is 35.5. The van der Waals surface area contributed by atoms with Crippen molar-refractivity contribution in [1.29, 1.82) is 0 Å². The SMILES string of the molecule is CCCCN(C)S(=O)(=O)N(C)C1CCNCC1.Cl. The fourth-order valence-electron chi connectivity index (χ4n) is 2.07. The minimum Gasteiger partial charge on any atom is -0.317 e. The van der Waals surface area contributed by atoms with E-state index in [4.69, 9.17) is 0 Å². The molecule has 0 spiro atoms. The van der Waals surface area contributed by atoms with Crippen LogP contribution in [0, 0.1) is 0 Å². The third-order valence-corrected chi connectivity index (χ3v) is 5.40. The van der Waals surface area contributed by atoms with Crippen LogP contribution in [0.4, 0.5) is 0 Å². The zero-order valence-electron chi connectivity index (χ0n) is 11.6. The normalized spacial score (nSPS) is 18.1. The van der Waals surface area contributed by atoms with Crippen LogP contribution in [-0.4, -0.2) is 56.8 Å². The molecule has 1 aliphatic heterocycles. The average Bonchev–Trinajstić information content (AvgIpc) is 2.35. The lowest BCUT2D eigenvalue weighted by Gasteiger charge is -2.33. The second kappa shape index (κ2) is 8.32. The number of hydrogen-bond acceptors (Lipinski definition) is 3. The Morgan fingerprint density at radius 2 is 1.78 bits per heavy atom. The predicted molar refractivity (Wildman–Crippen MR) is 77.4 cm³/mol. The number of unbranched alkanes of at least 4 members (excludes halogenated alkanes) is 1. The lowest BCUT2D eigenvalue weighted by Crippen LogP contribution is -2.48. The molecule has 0 bridgehead atoms. The number of nitrogens with zero attached hydrogens (tertiary/aromatic N) is 2. The van der Waals surface area contributed by atoms with Crippen molar-refractivity contribution >= 4 is 22.6 Å². The number of nitrogens with one attached hydrogen (secondary N) is 1. The smallest absolute Gasteiger partial charge is 0.281 e. The highest BCUT2D eigenvalue weighted by Crippen LogP contribution is 2.16. The molecule has 5 nitrogen and oxygen atoms in total. The first-order valence-electron chi connectivity index (χ1n) is 6.40. The molecule has 0 amide bonds. The molecule has 1 heterocycles. The van der Waals surface area contributed by atoms with Gasteiger partial charge in [0.05, 0.1) is 0 Å². The second-order valence-electron chi connectivity index (χ2n) is 4.68. The monoisotopic (exact) mass is 299 g/mol. The molecule has 7 heteroatoms. The van der Waals surface area contributed by atoms with Crippen molar-refractivity contribution in [3.63, 3.8) is 0 Å². The maximum absolute atomic E-state index is 12.3. The van der Waals surface area contributed by atoms with Crippen LogP contribution >= 0.6 is 12.4 Å². The van der Waals surface area contributed by atoms with Gasteiger partial charge in [-0.15, -0.1) is 12.4 Å². The number of rotatable bonds is 6. The van der Waals surface area contributed by atoms with Gasteiger partial charge >= 0.3 is 0 Å². The van der Waals surface area contributed by atoms with Crippen molar-refractivity contribution in [3.05, 3.63) is 0 Å². The summed E-state index contributed by atoms with van der Waals surface area (Å²) >= 11 is 0. The summed E-state index contributed by atoms with van der Waals surface area (Å²) in [4.78, 5) is 0. The molecule has 0 aliphatic carbocycles. The van der Waals surface area contributed by atoms with E-state index in [9.17, 15) is 8.42 Å². The van der Waals surface area contributed by atoms with E-state index >= 15 is 0 Å². The molecule has 1 rings (SSSR count). The minimum absolute atomic E-state index is 0. The quantitative estimate of drug-likeness (QED) is 0.798. The topological polar surface area (TPSA) is 52.7 Å². The molecule has 1 saturated heterocycles. The Balaban J connectivity index is 0.00000289. The zero-order chi connectivity index (χ0) is 12.9. The molecule has 1 fully saturated rings. The second-order valence-corrected chi connectivity index (χ2v) is 6.78. The summed E-state index contributed by atoms with van der Waals surface area (Å²) in [6, 6.07) is 0.144. The fourth-order valence-corrected chi connectivity index (χ4v) is 3.46. The maximum Gasteiger partial charge on any atom is 0.281 e. The van der Waals surface area contributed by atoms with Crippen LogP contribution in [0.25, 0.3) is 0 Å². The molecule has 0 unspecified atom stereocenters. The van der Waals surface area contributed by atoms with Gasteiger partial charge in [0.15, 0.2) is 0 Å². The molecule has 0 aromatic rings. The largest absolute Gasteiger partial charge is 0.317 e. The summed E-state index contributed by atoms with van der Waals surface area (Å²) in [5.41, 5.74) is 0. The summed E-state index contributed by atoms with van der Waals surface area (Å²) in [5, 5.41) is 3.25. The van der Waals surface area contributed by atoms with Gasteiger partial charge in [-0.2, -0.15) is 17.0 Å². The van der Waals surface area contributed by atoms with Crippen molar-refractivity contribution in [2.45, 2.75) is 38.6 Å². The Morgan fingerprint density at radius 1 is 1.22 bits per heavy atom. The number of halogens is 1. The van der Waals surface area contributed by atoms with Gasteiger partial charge in [-0.3, -0.25) is 0 Å². The van der Waals surface area contributed by atoms with E-state index in [1.54, 1.807) is 18.4 Å². The van der Waals surface area contributed by atoms with Crippen molar-refractivity contribution in [2.75, 3.05) is 33.7 Å². The van der Waals surface area contributed by atoms with E-state index in [2.05, 4.69) is 12.2 Å². The summed E-state index contributed by atoms with van der Waals surface area (Å²) in [6.07, 6.45) is 3.72. The predicted octanol–water partition coefficient (Wildman–Crippen LogP) is 1.07.